The van der Waals surface area contributed by atoms with Crippen LogP contribution < -0.4 is 9.54 Å². The van der Waals surface area contributed by atoms with E-state index in [0.717, 1.165) is 30.1 Å². The Kier molecular flexibility index (Phi) is 6.72. The smallest absolute Gasteiger partial charge is 0.185 e. The van der Waals surface area contributed by atoms with Gasteiger partial charge in [0, 0.05) is 18.5 Å². The van der Waals surface area contributed by atoms with E-state index in [1.807, 2.05) is 12.1 Å². The third-order valence-electron chi connectivity index (χ3n) is 3.68. The molecule has 0 amide bonds. The van der Waals surface area contributed by atoms with E-state index in [4.69, 9.17) is 9.73 Å². The fourth-order valence-corrected chi connectivity index (χ4v) is 3.28. The highest BCUT2D eigenvalue weighted by Crippen LogP contribution is 2.23. The lowest BCUT2D eigenvalue weighted by atomic mass is 10.1. The number of nitrogens with zero attached hydrogens (tertiary/aromatic N) is 2. The Morgan fingerprint density at radius 1 is 1.09 bits per heavy atom. The largest absolute Gasteiger partial charge is 0.497 e. The van der Waals surface area contributed by atoms with Gasteiger partial charge in [-0.05, 0) is 42.7 Å². The number of hydrogen-bond acceptors (Lipinski definition) is 3. The van der Waals surface area contributed by atoms with Crippen molar-refractivity contribution in [3.05, 3.63) is 34.4 Å². The molecule has 0 spiro atoms. The van der Waals surface area contributed by atoms with Gasteiger partial charge in [-0.1, -0.05) is 26.7 Å². The number of thiazole rings is 1. The van der Waals surface area contributed by atoms with E-state index < -0.39 is 0 Å². The van der Waals surface area contributed by atoms with Crippen LogP contribution in [0.2, 0.25) is 0 Å². The van der Waals surface area contributed by atoms with Crippen LogP contribution in [0, 0.1) is 0 Å². The van der Waals surface area contributed by atoms with E-state index in [-0.39, 0.29) is 0 Å². The number of benzene rings is 1. The maximum absolute atomic E-state index is 5.25. The molecule has 22 heavy (non-hydrogen) atoms. The Hall–Kier alpha value is -1.55. The molecule has 2 rings (SSSR count). The van der Waals surface area contributed by atoms with Crippen molar-refractivity contribution in [3.8, 4) is 17.0 Å². The highest BCUT2D eigenvalue weighted by molar-refractivity contribution is 7.07. The van der Waals surface area contributed by atoms with Crippen molar-refractivity contribution in [2.24, 2.45) is 4.99 Å². The molecule has 0 radical (unpaired) electrons. The molecule has 4 heteroatoms. The SMILES string of the molecule is CCCCN=c1scc(-c2ccc(OC)cc2)n1CCCC. The van der Waals surface area contributed by atoms with Crippen LogP contribution in [-0.4, -0.2) is 18.2 Å². The van der Waals surface area contributed by atoms with E-state index in [1.165, 1.54) is 30.5 Å². The zero-order valence-electron chi connectivity index (χ0n) is 13.8. The first-order valence-electron chi connectivity index (χ1n) is 8.13. The molecule has 0 fully saturated rings. The molecule has 0 atom stereocenters. The van der Waals surface area contributed by atoms with E-state index >= 15 is 0 Å². The molecule has 1 aromatic heterocycles. The standard InChI is InChI=1S/C18H26N2OS/c1-4-6-12-19-18-20(13-7-5-2)17(14-22-18)15-8-10-16(21-3)11-9-15/h8-11,14H,4-7,12-13H2,1-3H3. The average molecular weight is 318 g/mol. The Morgan fingerprint density at radius 2 is 1.82 bits per heavy atom. The second kappa shape index (κ2) is 8.79. The Bertz CT molecular complexity index is 625. The topological polar surface area (TPSA) is 26.5 Å². The van der Waals surface area contributed by atoms with Gasteiger partial charge in [-0.15, -0.1) is 11.3 Å². The summed E-state index contributed by atoms with van der Waals surface area (Å²) < 4.78 is 7.61. The van der Waals surface area contributed by atoms with Gasteiger partial charge in [0.2, 0.25) is 0 Å². The zero-order chi connectivity index (χ0) is 15.8. The lowest BCUT2D eigenvalue weighted by Gasteiger charge is -2.09. The number of rotatable bonds is 8. The molecule has 1 heterocycles. The molecule has 0 aliphatic carbocycles. The van der Waals surface area contributed by atoms with Crippen molar-refractivity contribution in [1.29, 1.82) is 0 Å². The Balaban J connectivity index is 2.34. The predicted molar refractivity (Wildman–Crippen MR) is 94.5 cm³/mol. The highest BCUT2D eigenvalue weighted by atomic mass is 32.1. The summed E-state index contributed by atoms with van der Waals surface area (Å²) in [6.07, 6.45) is 4.72. The van der Waals surface area contributed by atoms with Gasteiger partial charge >= 0.3 is 0 Å². The van der Waals surface area contributed by atoms with Gasteiger partial charge < -0.3 is 9.30 Å². The first-order chi connectivity index (χ1) is 10.8. The van der Waals surface area contributed by atoms with Gasteiger partial charge in [0.05, 0.1) is 12.8 Å². The predicted octanol–water partition coefficient (Wildman–Crippen LogP) is 4.73. The van der Waals surface area contributed by atoms with E-state index in [9.17, 15) is 0 Å². The lowest BCUT2D eigenvalue weighted by Crippen LogP contribution is -2.16. The van der Waals surface area contributed by atoms with Crippen molar-refractivity contribution < 1.29 is 4.74 Å². The molecule has 120 valence electrons. The van der Waals surface area contributed by atoms with E-state index in [2.05, 4.69) is 35.9 Å². The summed E-state index contributed by atoms with van der Waals surface area (Å²) in [6.45, 7) is 6.39. The highest BCUT2D eigenvalue weighted by Gasteiger charge is 2.07. The van der Waals surface area contributed by atoms with Crippen molar-refractivity contribution in [3.63, 3.8) is 0 Å². The molecule has 3 nitrogen and oxygen atoms in total. The molecular formula is C18H26N2OS. The molecule has 0 bridgehead atoms. The monoisotopic (exact) mass is 318 g/mol. The molecule has 0 saturated heterocycles. The lowest BCUT2D eigenvalue weighted by molar-refractivity contribution is 0.415. The van der Waals surface area contributed by atoms with Gasteiger partial charge in [-0.25, -0.2) is 0 Å². The minimum Gasteiger partial charge on any atom is -0.497 e. The fourth-order valence-electron chi connectivity index (χ4n) is 2.31. The van der Waals surface area contributed by atoms with E-state index in [0.29, 0.717) is 0 Å². The number of unbranched alkanes of at least 4 members (excludes halogenated alkanes) is 2. The first kappa shape index (κ1) is 16.8. The molecule has 2 aromatic rings. The Labute approximate surface area is 137 Å². The second-order valence-electron chi connectivity index (χ2n) is 5.37. The summed E-state index contributed by atoms with van der Waals surface area (Å²) in [4.78, 5) is 5.93. The summed E-state index contributed by atoms with van der Waals surface area (Å²) in [5.74, 6) is 0.895. The number of ether oxygens (including phenoxy) is 1. The van der Waals surface area contributed by atoms with Crippen LogP contribution in [-0.2, 0) is 6.54 Å². The number of methoxy groups -OCH3 is 1. The molecule has 0 aliphatic rings. The van der Waals surface area contributed by atoms with Crippen LogP contribution in [0.4, 0.5) is 0 Å². The fraction of sp³-hybridized carbons (Fsp3) is 0.500. The molecule has 1 aromatic carbocycles. The zero-order valence-corrected chi connectivity index (χ0v) is 14.7. The van der Waals surface area contributed by atoms with Crippen LogP contribution in [0.1, 0.15) is 39.5 Å². The van der Waals surface area contributed by atoms with Crippen LogP contribution in [0.15, 0.2) is 34.6 Å². The molecule has 0 unspecified atom stereocenters. The normalized spacial score (nSPS) is 11.9. The van der Waals surface area contributed by atoms with E-state index in [1.54, 1.807) is 18.4 Å². The van der Waals surface area contributed by atoms with Crippen molar-refractivity contribution >= 4 is 11.3 Å². The first-order valence-corrected chi connectivity index (χ1v) is 9.01. The van der Waals surface area contributed by atoms with Crippen molar-refractivity contribution in [2.75, 3.05) is 13.7 Å². The maximum Gasteiger partial charge on any atom is 0.185 e. The summed E-state index contributed by atoms with van der Waals surface area (Å²) in [7, 11) is 1.70. The van der Waals surface area contributed by atoms with Crippen LogP contribution in [0.3, 0.4) is 0 Å². The van der Waals surface area contributed by atoms with Crippen molar-refractivity contribution in [2.45, 2.75) is 46.1 Å². The van der Waals surface area contributed by atoms with Crippen LogP contribution in [0.5, 0.6) is 5.75 Å². The third kappa shape index (κ3) is 4.23. The van der Waals surface area contributed by atoms with Crippen LogP contribution >= 0.6 is 11.3 Å². The average Bonchev–Trinajstić information content (AvgIpc) is 2.96. The van der Waals surface area contributed by atoms with Gasteiger partial charge in [-0.2, -0.15) is 0 Å². The third-order valence-corrected chi connectivity index (χ3v) is 4.58. The number of hydrogen-bond donors (Lipinski definition) is 0. The minimum absolute atomic E-state index is 0.895. The van der Waals surface area contributed by atoms with Gasteiger partial charge in [0.1, 0.15) is 5.75 Å². The molecule has 0 saturated carbocycles. The quantitative estimate of drug-likeness (QED) is 0.647. The summed E-state index contributed by atoms with van der Waals surface area (Å²) in [6, 6.07) is 8.29. The summed E-state index contributed by atoms with van der Waals surface area (Å²) >= 11 is 1.75. The van der Waals surface area contributed by atoms with Gasteiger partial charge in [0.25, 0.3) is 0 Å². The molecular weight excluding hydrogens is 292 g/mol. The van der Waals surface area contributed by atoms with Gasteiger partial charge in [-0.3, -0.25) is 4.99 Å². The molecule has 0 N–H and O–H groups in total. The summed E-state index contributed by atoms with van der Waals surface area (Å²) in [5.41, 5.74) is 2.49. The number of aromatic nitrogens is 1. The minimum atomic E-state index is 0.895. The second-order valence-corrected chi connectivity index (χ2v) is 6.21. The Morgan fingerprint density at radius 3 is 2.45 bits per heavy atom. The van der Waals surface area contributed by atoms with Crippen LogP contribution in [0.25, 0.3) is 11.3 Å². The maximum atomic E-state index is 5.25. The summed E-state index contributed by atoms with van der Waals surface area (Å²) in [5, 5.41) is 2.22. The molecule has 0 aliphatic heterocycles. The van der Waals surface area contributed by atoms with Crippen molar-refractivity contribution in [1.82, 2.24) is 4.57 Å². The van der Waals surface area contributed by atoms with Gasteiger partial charge in [0.15, 0.2) is 4.80 Å².